The van der Waals surface area contributed by atoms with Crippen LogP contribution in [-0.4, -0.2) is 12.3 Å². The molecule has 0 saturated heterocycles. The monoisotopic (exact) mass is 252 g/mol. The summed E-state index contributed by atoms with van der Waals surface area (Å²) in [5, 5.41) is 3.35. The Hall–Kier alpha value is -2.29. The fourth-order valence-electron chi connectivity index (χ4n) is 2.42. The minimum atomic E-state index is 0.0494. The number of nitrogens with two attached hydrogens (primary N) is 1. The third-order valence-corrected chi connectivity index (χ3v) is 3.48. The van der Waals surface area contributed by atoms with Crippen molar-refractivity contribution < 1.29 is 4.79 Å². The molecule has 96 valence electrons. The minimum Gasteiger partial charge on any atom is -0.399 e. The number of rotatable bonds is 2. The molecule has 0 aromatic heterocycles. The van der Waals surface area contributed by atoms with Crippen LogP contribution in [-0.2, 0) is 6.42 Å². The third kappa shape index (κ3) is 2.32. The number of aryl methyl sites for hydroxylation is 1. The van der Waals surface area contributed by atoms with Crippen molar-refractivity contribution in [3.05, 3.63) is 59.2 Å². The summed E-state index contributed by atoms with van der Waals surface area (Å²) in [5.74, 6) is 0.0494. The van der Waals surface area contributed by atoms with Crippen molar-refractivity contribution >= 4 is 17.2 Å². The second-order valence-electron chi connectivity index (χ2n) is 4.85. The highest BCUT2D eigenvalue weighted by molar-refractivity contribution is 6.09. The molecule has 1 aliphatic heterocycles. The van der Waals surface area contributed by atoms with E-state index in [4.69, 9.17) is 5.73 Å². The largest absolute Gasteiger partial charge is 0.399 e. The number of carbonyl (C=O) groups is 1. The minimum absolute atomic E-state index is 0.0494. The maximum Gasteiger partial charge on any atom is 0.193 e. The molecule has 0 radical (unpaired) electrons. The van der Waals surface area contributed by atoms with Crippen molar-refractivity contribution in [2.45, 2.75) is 12.8 Å². The van der Waals surface area contributed by atoms with E-state index in [0.29, 0.717) is 11.3 Å². The molecule has 0 fully saturated rings. The van der Waals surface area contributed by atoms with E-state index in [9.17, 15) is 4.79 Å². The van der Waals surface area contributed by atoms with Crippen molar-refractivity contribution in [2.24, 2.45) is 0 Å². The van der Waals surface area contributed by atoms with Gasteiger partial charge in [0.1, 0.15) is 0 Å². The maximum atomic E-state index is 12.4. The lowest BCUT2D eigenvalue weighted by Crippen LogP contribution is -2.12. The highest BCUT2D eigenvalue weighted by Gasteiger charge is 2.13. The molecule has 0 spiro atoms. The van der Waals surface area contributed by atoms with Crippen molar-refractivity contribution in [2.75, 3.05) is 17.6 Å². The first kappa shape index (κ1) is 11.8. The second-order valence-corrected chi connectivity index (χ2v) is 4.85. The van der Waals surface area contributed by atoms with E-state index in [-0.39, 0.29) is 5.78 Å². The SMILES string of the molecule is Nc1ccc(C(=O)c2ccc3c(c2)CCCN3)cc1. The molecule has 3 N–H and O–H groups in total. The molecule has 0 aliphatic carbocycles. The summed E-state index contributed by atoms with van der Waals surface area (Å²) < 4.78 is 0. The number of nitrogen functional groups attached to an aromatic ring is 1. The van der Waals surface area contributed by atoms with Crippen molar-refractivity contribution in [3.8, 4) is 0 Å². The van der Waals surface area contributed by atoms with Gasteiger partial charge in [0.05, 0.1) is 0 Å². The van der Waals surface area contributed by atoms with Gasteiger partial charge in [-0.3, -0.25) is 4.79 Å². The lowest BCUT2D eigenvalue weighted by Gasteiger charge is -2.18. The van der Waals surface area contributed by atoms with Crippen LogP contribution in [0.15, 0.2) is 42.5 Å². The lowest BCUT2D eigenvalue weighted by molar-refractivity contribution is 0.103. The van der Waals surface area contributed by atoms with Gasteiger partial charge in [-0.05, 0) is 60.9 Å². The number of ketones is 1. The first-order chi connectivity index (χ1) is 9.24. The van der Waals surface area contributed by atoms with Crippen molar-refractivity contribution in [1.29, 1.82) is 0 Å². The molecule has 1 heterocycles. The summed E-state index contributed by atoms with van der Waals surface area (Å²) in [6.45, 7) is 1.01. The van der Waals surface area contributed by atoms with Crippen molar-refractivity contribution in [1.82, 2.24) is 0 Å². The highest BCUT2D eigenvalue weighted by Crippen LogP contribution is 2.24. The number of carbonyl (C=O) groups excluding carboxylic acids is 1. The van der Waals surface area contributed by atoms with E-state index < -0.39 is 0 Å². The fraction of sp³-hybridized carbons (Fsp3) is 0.188. The Kier molecular flexibility index (Phi) is 2.95. The number of hydrogen-bond donors (Lipinski definition) is 2. The molecule has 0 atom stereocenters. The van der Waals surface area contributed by atoms with Gasteiger partial charge in [0, 0.05) is 29.0 Å². The van der Waals surface area contributed by atoms with Crippen LogP contribution in [0, 0.1) is 0 Å². The molecule has 3 heteroatoms. The van der Waals surface area contributed by atoms with E-state index in [1.54, 1.807) is 24.3 Å². The highest BCUT2D eigenvalue weighted by atomic mass is 16.1. The zero-order chi connectivity index (χ0) is 13.2. The number of hydrogen-bond acceptors (Lipinski definition) is 3. The summed E-state index contributed by atoms with van der Waals surface area (Å²) in [7, 11) is 0. The van der Waals surface area contributed by atoms with Crippen LogP contribution >= 0.6 is 0 Å². The topological polar surface area (TPSA) is 55.1 Å². The van der Waals surface area contributed by atoms with Crippen LogP contribution < -0.4 is 11.1 Å². The summed E-state index contributed by atoms with van der Waals surface area (Å²) >= 11 is 0. The summed E-state index contributed by atoms with van der Waals surface area (Å²) in [6.07, 6.45) is 2.15. The number of anilines is 2. The summed E-state index contributed by atoms with van der Waals surface area (Å²) in [5.41, 5.74) is 10.1. The standard InChI is InChI=1S/C16H16N2O/c17-14-6-3-11(4-7-14)16(19)13-5-8-15-12(10-13)2-1-9-18-15/h3-8,10,18H,1-2,9,17H2. The Labute approximate surface area is 112 Å². The number of benzene rings is 2. The van der Waals surface area contributed by atoms with Gasteiger partial charge < -0.3 is 11.1 Å². The molecule has 3 rings (SSSR count). The molecule has 2 aromatic rings. The maximum absolute atomic E-state index is 12.4. The first-order valence-electron chi connectivity index (χ1n) is 6.51. The molecule has 19 heavy (non-hydrogen) atoms. The number of fused-ring (bicyclic) bond motifs is 1. The van der Waals surface area contributed by atoms with E-state index in [1.807, 2.05) is 18.2 Å². The molecule has 1 aliphatic rings. The average molecular weight is 252 g/mol. The molecule has 2 aromatic carbocycles. The van der Waals surface area contributed by atoms with E-state index in [0.717, 1.165) is 30.6 Å². The van der Waals surface area contributed by atoms with Crippen molar-refractivity contribution in [3.63, 3.8) is 0 Å². The summed E-state index contributed by atoms with van der Waals surface area (Å²) in [4.78, 5) is 12.4. The van der Waals surface area contributed by atoms with E-state index in [2.05, 4.69) is 5.32 Å². The van der Waals surface area contributed by atoms with Gasteiger partial charge in [-0.1, -0.05) is 0 Å². The van der Waals surface area contributed by atoms with Gasteiger partial charge in [-0.2, -0.15) is 0 Å². The molecule has 0 unspecified atom stereocenters. The Bertz CT molecular complexity index is 617. The van der Waals surface area contributed by atoms with Crippen LogP contribution in [0.3, 0.4) is 0 Å². The Morgan fingerprint density at radius 2 is 1.79 bits per heavy atom. The van der Waals surface area contributed by atoms with Crippen LogP contribution in [0.5, 0.6) is 0 Å². The average Bonchev–Trinajstić information content (AvgIpc) is 2.47. The third-order valence-electron chi connectivity index (χ3n) is 3.48. The zero-order valence-corrected chi connectivity index (χ0v) is 10.6. The Morgan fingerprint density at radius 1 is 1.05 bits per heavy atom. The van der Waals surface area contributed by atoms with Gasteiger partial charge in [-0.25, -0.2) is 0 Å². The predicted molar refractivity (Wildman–Crippen MR) is 77.5 cm³/mol. The van der Waals surface area contributed by atoms with E-state index in [1.165, 1.54) is 5.56 Å². The molecule has 3 nitrogen and oxygen atoms in total. The van der Waals surface area contributed by atoms with E-state index >= 15 is 0 Å². The smallest absolute Gasteiger partial charge is 0.193 e. The van der Waals surface area contributed by atoms with Gasteiger partial charge >= 0.3 is 0 Å². The Morgan fingerprint density at radius 3 is 2.58 bits per heavy atom. The molecular formula is C16H16N2O. The van der Waals surface area contributed by atoms with Crippen LogP contribution in [0.4, 0.5) is 11.4 Å². The molecule has 0 bridgehead atoms. The second kappa shape index (κ2) is 4.76. The van der Waals surface area contributed by atoms with Gasteiger partial charge in [0.2, 0.25) is 0 Å². The molecule has 0 saturated carbocycles. The Balaban J connectivity index is 1.93. The molecule has 0 amide bonds. The quantitative estimate of drug-likeness (QED) is 0.638. The molecular weight excluding hydrogens is 236 g/mol. The van der Waals surface area contributed by atoms with Crippen LogP contribution in [0.2, 0.25) is 0 Å². The normalized spacial score (nSPS) is 13.5. The first-order valence-corrected chi connectivity index (χ1v) is 6.51. The van der Waals surface area contributed by atoms with Crippen LogP contribution in [0.1, 0.15) is 27.9 Å². The number of nitrogens with one attached hydrogen (secondary N) is 1. The van der Waals surface area contributed by atoms with Gasteiger partial charge in [-0.15, -0.1) is 0 Å². The van der Waals surface area contributed by atoms with Gasteiger partial charge in [0.15, 0.2) is 5.78 Å². The summed E-state index contributed by atoms with van der Waals surface area (Å²) in [6, 6.07) is 12.9. The zero-order valence-electron chi connectivity index (χ0n) is 10.6. The predicted octanol–water partition coefficient (Wildman–Crippen LogP) is 2.86. The van der Waals surface area contributed by atoms with Gasteiger partial charge in [0.25, 0.3) is 0 Å². The van der Waals surface area contributed by atoms with Crippen LogP contribution in [0.25, 0.3) is 0 Å². The lowest BCUT2D eigenvalue weighted by atomic mass is 9.96. The fourth-order valence-corrected chi connectivity index (χ4v) is 2.42.